The second-order valence-corrected chi connectivity index (χ2v) is 17.6. The molecule has 0 saturated carbocycles. The minimum Gasteiger partial charge on any atom is -0.501 e. The molecule has 2 heteroatoms. The van der Waals surface area contributed by atoms with Gasteiger partial charge in [0, 0.05) is 5.41 Å². The molecule has 0 saturated heterocycles. The van der Waals surface area contributed by atoms with E-state index in [0.29, 0.717) is 25.0 Å². The molecule has 0 rings (SSSR count). The molecular weight excluding hydrogens is 789 g/mol. The van der Waals surface area contributed by atoms with Crippen molar-refractivity contribution in [2.24, 2.45) is 40.4 Å². The molecule has 1 radical (unpaired) electrons. The van der Waals surface area contributed by atoms with Gasteiger partial charge in [-0.3, -0.25) is 0 Å². The van der Waals surface area contributed by atoms with E-state index in [2.05, 4.69) is 184 Å². The van der Waals surface area contributed by atoms with Crippen LogP contribution in [0.25, 0.3) is 0 Å². The number of hydrogen-bond donors (Lipinski definition) is 0. The van der Waals surface area contributed by atoms with E-state index in [1.54, 1.807) is 5.92 Å². The summed E-state index contributed by atoms with van der Waals surface area (Å²) < 4.78 is 12.5. The third-order valence-electron chi connectivity index (χ3n) is 13.2. The molecule has 0 aromatic rings. The average Bonchev–Trinajstić information content (AvgIpc) is 3.32. The van der Waals surface area contributed by atoms with Crippen LogP contribution in [-0.2, 0) is 9.47 Å². The minimum absolute atomic E-state index is 0.152. The predicted octanol–water partition coefficient (Wildman–Crippen LogP) is 19.7. The summed E-state index contributed by atoms with van der Waals surface area (Å²) in [5.74, 6) is 2.85. The van der Waals surface area contributed by atoms with E-state index in [9.17, 15) is 0 Å². The summed E-state index contributed by atoms with van der Waals surface area (Å²) in [6.07, 6.45) is 65.8. The predicted molar refractivity (Wildman–Crippen MR) is 294 cm³/mol. The van der Waals surface area contributed by atoms with Gasteiger partial charge < -0.3 is 9.47 Å². The number of allylic oxidation sites excluding steroid dienone is 16. The minimum atomic E-state index is -0.434. The van der Waals surface area contributed by atoms with Crippen LogP contribution in [0.3, 0.4) is 0 Å². The maximum atomic E-state index is 6.51. The summed E-state index contributed by atoms with van der Waals surface area (Å²) in [4.78, 5) is 0. The molecule has 2 nitrogen and oxygen atoms in total. The quantitative estimate of drug-likeness (QED) is 0.0344. The van der Waals surface area contributed by atoms with Crippen LogP contribution in [0, 0.1) is 46.3 Å². The molecule has 0 aliphatic rings. The van der Waals surface area contributed by atoms with Gasteiger partial charge in [0.1, 0.15) is 6.61 Å². The van der Waals surface area contributed by atoms with Crippen molar-refractivity contribution in [1.29, 1.82) is 0 Å². The Bertz CT molecular complexity index is 1440. The fourth-order valence-electron chi connectivity index (χ4n) is 10.5. The van der Waals surface area contributed by atoms with Crippen LogP contribution in [0.4, 0.5) is 0 Å². The first kappa shape index (κ1) is 61.0. The molecule has 363 valence electrons. The molecule has 0 amide bonds. The maximum Gasteiger partial charge on any atom is 0.105 e. The molecule has 65 heavy (non-hydrogen) atoms. The lowest BCUT2D eigenvalue weighted by Gasteiger charge is -2.65. The molecule has 0 aromatic carbocycles. The Morgan fingerprint density at radius 2 is 1.00 bits per heavy atom. The molecule has 0 bridgehead atoms. The van der Waals surface area contributed by atoms with Crippen molar-refractivity contribution in [3.05, 3.63) is 180 Å². The average molecular weight is 888 g/mol. The summed E-state index contributed by atoms with van der Waals surface area (Å²) >= 11 is 0. The van der Waals surface area contributed by atoms with Crippen LogP contribution in [0.15, 0.2) is 175 Å². The highest BCUT2D eigenvalue weighted by molar-refractivity contribution is 5.34. The Balaban J connectivity index is 10.2. The van der Waals surface area contributed by atoms with Gasteiger partial charge in [-0.1, -0.05) is 124 Å². The van der Waals surface area contributed by atoms with Crippen molar-refractivity contribution in [2.75, 3.05) is 13.2 Å². The number of ether oxygens (including phenoxy) is 2. The Morgan fingerprint density at radius 3 is 1.49 bits per heavy atom. The maximum absolute atomic E-state index is 6.51. The van der Waals surface area contributed by atoms with Gasteiger partial charge >= 0.3 is 0 Å². The molecule has 0 aromatic heterocycles. The van der Waals surface area contributed by atoms with Crippen molar-refractivity contribution in [1.82, 2.24) is 0 Å². The van der Waals surface area contributed by atoms with E-state index in [0.717, 1.165) is 135 Å². The van der Waals surface area contributed by atoms with Gasteiger partial charge in [-0.15, -0.1) is 46.1 Å². The zero-order valence-electron chi connectivity index (χ0n) is 42.7. The molecule has 6 atom stereocenters. The molecule has 6 unspecified atom stereocenters. The van der Waals surface area contributed by atoms with Gasteiger partial charge in [-0.25, -0.2) is 0 Å². The lowest BCUT2D eigenvalue weighted by atomic mass is 9.37. The largest absolute Gasteiger partial charge is 0.501 e. The van der Waals surface area contributed by atoms with Crippen LogP contribution in [0.2, 0.25) is 0 Å². The first-order valence-electron chi connectivity index (χ1n) is 25.7. The Hall–Kier alpha value is -4.04. The topological polar surface area (TPSA) is 18.5 Å². The Labute approximate surface area is 404 Å². The summed E-state index contributed by atoms with van der Waals surface area (Å²) in [6, 6.07) is 0. The first-order chi connectivity index (χ1) is 31.8. The standard InChI is InChI=1S/C63H99O2/c1-13-25-36-44-57(43-29-17-5)61(56(41-27-15-3)42-28-16-4)63(59(46-31-19-7)47-32-20-8,60(48-33-21-9)49-37-26-14-2)62(51-55-64-52-24-12,58(40-23-11)45-30-18-6)50-38-35-39-54-65-53-34-22-10/h13,15-19,21-25,32,37,39-40,47,49,51,54-60H,3-7,9-10,12,14,20,26-31,33-36,38,41-46,48,50,52-53H2,1-2,8,11H3/b25-13+,40-23+,47-32+,49-37+,54-39?,55-51?. The first-order valence-corrected chi connectivity index (χ1v) is 25.7. The van der Waals surface area contributed by atoms with Crippen molar-refractivity contribution in [2.45, 2.75) is 163 Å². The fourth-order valence-corrected chi connectivity index (χ4v) is 10.5. The lowest BCUT2D eigenvalue weighted by Crippen LogP contribution is -2.60. The monoisotopic (exact) mass is 888 g/mol. The van der Waals surface area contributed by atoms with Crippen LogP contribution >= 0.6 is 0 Å². The van der Waals surface area contributed by atoms with Gasteiger partial charge in [-0.05, 0) is 195 Å². The second kappa shape index (κ2) is 41.4. The number of rotatable bonds is 46. The van der Waals surface area contributed by atoms with E-state index in [4.69, 9.17) is 9.47 Å². The molecule has 0 N–H and O–H groups in total. The highest BCUT2D eigenvalue weighted by Crippen LogP contribution is 2.70. The summed E-state index contributed by atoms with van der Waals surface area (Å²) in [5.41, 5.74) is -0.843. The smallest absolute Gasteiger partial charge is 0.105 e. The molecule has 0 spiro atoms. The highest BCUT2D eigenvalue weighted by atomic mass is 16.5. The molecule has 0 aliphatic carbocycles. The van der Waals surface area contributed by atoms with Crippen LogP contribution in [0.1, 0.15) is 163 Å². The van der Waals surface area contributed by atoms with E-state index in [-0.39, 0.29) is 17.8 Å². The molecular formula is C63H99O2. The van der Waals surface area contributed by atoms with Crippen molar-refractivity contribution in [3.8, 4) is 0 Å². The van der Waals surface area contributed by atoms with Gasteiger partial charge in [0.25, 0.3) is 0 Å². The number of unbranched alkanes of at least 4 members (excludes halogenated alkanes) is 2. The zero-order valence-corrected chi connectivity index (χ0v) is 42.7. The lowest BCUT2D eigenvalue weighted by molar-refractivity contribution is -0.0685. The Morgan fingerprint density at radius 1 is 0.477 bits per heavy atom. The fraction of sp³-hybridized carbons (Fsp3) is 0.540. The van der Waals surface area contributed by atoms with E-state index < -0.39 is 10.8 Å². The van der Waals surface area contributed by atoms with Gasteiger partial charge in [0.2, 0.25) is 0 Å². The second-order valence-electron chi connectivity index (χ2n) is 17.6. The van der Waals surface area contributed by atoms with Crippen LogP contribution < -0.4 is 0 Å². The van der Waals surface area contributed by atoms with Gasteiger partial charge in [-0.2, -0.15) is 0 Å². The van der Waals surface area contributed by atoms with Crippen molar-refractivity contribution < 1.29 is 9.47 Å². The SMILES string of the molecule is C=CCCOC=CCCCC(C=COCC=C)(C(/C=C/C)CCC=C)C([C](C(CCC=C)CCC=C)C(CCC=C)CC/C=C/C)(C(/C=C/CC)CCC=C)C(/C=C/CCC)CCC=C. The summed E-state index contributed by atoms with van der Waals surface area (Å²) in [6.45, 7) is 44.1. The number of hydrogen-bond acceptors (Lipinski definition) is 2. The summed E-state index contributed by atoms with van der Waals surface area (Å²) in [7, 11) is 0. The summed E-state index contributed by atoms with van der Waals surface area (Å²) in [5, 5.41) is 0. The molecule has 0 heterocycles. The van der Waals surface area contributed by atoms with E-state index >= 15 is 0 Å². The van der Waals surface area contributed by atoms with Crippen LogP contribution in [-0.4, -0.2) is 13.2 Å². The normalized spacial score (nSPS) is 16.0. The van der Waals surface area contributed by atoms with Gasteiger partial charge in [0.05, 0.1) is 19.1 Å². The third-order valence-corrected chi connectivity index (χ3v) is 13.2. The van der Waals surface area contributed by atoms with Gasteiger partial charge in [0.15, 0.2) is 0 Å². The van der Waals surface area contributed by atoms with Crippen molar-refractivity contribution in [3.63, 3.8) is 0 Å². The van der Waals surface area contributed by atoms with E-state index in [1.807, 2.05) is 18.4 Å². The van der Waals surface area contributed by atoms with Crippen molar-refractivity contribution >= 4 is 0 Å². The van der Waals surface area contributed by atoms with E-state index in [1.165, 1.54) is 0 Å². The highest BCUT2D eigenvalue weighted by Gasteiger charge is 2.64. The molecule has 0 aliphatic heterocycles. The Kier molecular flexibility index (Phi) is 38.8. The zero-order chi connectivity index (χ0) is 48.3. The third kappa shape index (κ3) is 21.9. The molecule has 0 fully saturated rings. The van der Waals surface area contributed by atoms with Crippen LogP contribution in [0.5, 0.6) is 0 Å².